The predicted octanol–water partition coefficient (Wildman–Crippen LogP) is 3.01. The fourth-order valence-electron chi connectivity index (χ4n) is 2.60. The zero-order chi connectivity index (χ0) is 15.1. The van der Waals surface area contributed by atoms with E-state index in [1.807, 2.05) is 13.0 Å². The molecule has 0 saturated heterocycles. The van der Waals surface area contributed by atoms with Crippen molar-refractivity contribution in [2.45, 2.75) is 45.1 Å². The van der Waals surface area contributed by atoms with E-state index in [4.69, 9.17) is 4.74 Å². The Bertz CT molecular complexity index is 473. The fraction of sp³-hybridized carbons (Fsp3) is 0.562. The van der Waals surface area contributed by atoms with Crippen LogP contribution in [0.2, 0.25) is 0 Å². The van der Waals surface area contributed by atoms with Crippen LogP contribution in [-0.4, -0.2) is 25.2 Å². The van der Waals surface area contributed by atoms with Crippen LogP contribution in [0.15, 0.2) is 18.2 Å². The van der Waals surface area contributed by atoms with Crippen LogP contribution in [0, 0.1) is 5.82 Å². The molecule has 0 aromatic heterocycles. The predicted molar refractivity (Wildman–Crippen MR) is 80.1 cm³/mol. The van der Waals surface area contributed by atoms with Crippen molar-refractivity contribution in [2.24, 2.45) is 0 Å². The summed E-state index contributed by atoms with van der Waals surface area (Å²) in [6.45, 7) is 2.76. The van der Waals surface area contributed by atoms with Crippen LogP contribution in [0.5, 0.6) is 5.75 Å². The maximum Gasteiger partial charge on any atom is 0.315 e. The highest BCUT2D eigenvalue weighted by Crippen LogP contribution is 2.19. The van der Waals surface area contributed by atoms with Crippen molar-refractivity contribution in [1.82, 2.24) is 10.6 Å². The molecular weight excluding hydrogens is 271 g/mol. The summed E-state index contributed by atoms with van der Waals surface area (Å²) < 4.78 is 18.8. The van der Waals surface area contributed by atoms with Crippen molar-refractivity contribution in [3.05, 3.63) is 29.6 Å². The van der Waals surface area contributed by atoms with E-state index < -0.39 is 0 Å². The van der Waals surface area contributed by atoms with Gasteiger partial charge in [0.2, 0.25) is 0 Å². The second-order valence-corrected chi connectivity index (χ2v) is 5.33. The fourth-order valence-corrected chi connectivity index (χ4v) is 2.60. The first kappa shape index (κ1) is 15.6. The van der Waals surface area contributed by atoms with Crippen LogP contribution in [-0.2, 0) is 6.42 Å². The van der Waals surface area contributed by atoms with Gasteiger partial charge in [-0.25, -0.2) is 9.18 Å². The Labute approximate surface area is 125 Å². The number of hydrogen-bond acceptors (Lipinski definition) is 2. The summed E-state index contributed by atoms with van der Waals surface area (Å²) in [6, 6.07) is 5.10. The number of carbonyl (C=O) groups is 1. The molecule has 4 nitrogen and oxygen atoms in total. The third-order valence-corrected chi connectivity index (χ3v) is 3.69. The quantitative estimate of drug-likeness (QED) is 0.847. The Hall–Kier alpha value is -1.78. The van der Waals surface area contributed by atoms with E-state index in [2.05, 4.69) is 10.6 Å². The molecule has 0 atom stereocenters. The lowest BCUT2D eigenvalue weighted by atomic mass is 10.1. The van der Waals surface area contributed by atoms with Gasteiger partial charge in [0, 0.05) is 12.6 Å². The topological polar surface area (TPSA) is 50.4 Å². The van der Waals surface area contributed by atoms with Crippen molar-refractivity contribution in [3.8, 4) is 5.75 Å². The van der Waals surface area contributed by atoms with E-state index in [1.165, 1.54) is 18.9 Å². The number of benzene rings is 1. The Morgan fingerprint density at radius 2 is 2.14 bits per heavy atom. The number of hydrogen-bond donors (Lipinski definition) is 2. The molecule has 0 spiro atoms. The summed E-state index contributed by atoms with van der Waals surface area (Å²) in [4.78, 5) is 11.7. The molecule has 0 unspecified atom stereocenters. The van der Waals surface area contributed by atoms with Gasteiger partial charge in [0.15, 0.2) is 11.6 Å². The first-order valence-corrected chi connectivity index (χ1v) is 7.64. The van der Waals surface area contributed by atoms with Crippen LogP contribution >= 0.6 is 0 Å². The van der Waals surface area contributed by atoms with Crippen molar-refractivity contribution < 1.29 is 13.9 Å². The Balaban J connectivity index is 1.72. The van der Waals surface area contributed by atoms with Gasteiger partial charge < -0.3 is 15.4 Å². The minimum absolute atomic E-state index is 0.131. The number of amides is 2. The number of halogens is 1. The molecule has 1 saturated carbocycles. The second kappa shape index (κ2) is 7.86. The molecule has 0 aliphatic heterocycles. The largest absolute Gasteiger partial charge is 0.491 e. The first-order valence-electron chi connectivity index (χ1n) is 7.64. The van der Waals surface area contributed by atoms with E-state index in [1.54, 1.807) is 6.07 Å². The average molecular weight is 294 g/mol. The molecule has 1 aromatic rings. The third-order valence-electron chi connectivity index (χ3n) is 3.69. The lowest BCUT2D eigenvalue weighted by Crippen LogP contribution is -2.41. The van der Waals surface area contributed by atoms with Gasteiger partial charge in [0.1, 0.15) is 0 Å². The highest BCUT2D eigenvalue weighted by Gasteiger charge is 2.16. The monoisotopic (exact) mass is 294 g/mol. The van der Waals surface area contributed by atoms with Crippen LogP contribution in [0.4, 0.5) is 9.18 Å². The van der Waals surface area contributed by atoms with Gasteiger partial charge >= 0.3 is 6.03 Å². The lowest BCUT2D eigenvalue weighted by Gasteiger charge is -2.13. The molecule has 0 radical (unpaired) electrons. The van der Waals surface area contributed by atoms with Crippen LogP contribution in [0.25, 0.3) is 0 Å². The van der Waals surface area contributed by atoms with Crippen LogP contribution in [0.3, 0.4) is 0 Å². The van der Waals surface area contributed by atoms with Crippen molar-refractivity contribution in [1.29, 1.82) is 0 Å². The van der Waals surface area contributed by atoms with Gasteiger partial charge in [-0.3, -0.25) is 0 Å². The van der Waals surface area contributed by atoms with Crippen LogP contribution in [0.1, 0.15) is 38.2 Å². The number of rotatable bonds is 6. The second-order valence-electron chi connectivity index (χ2n) is 5.33. The molecule has 1 aliphatic rings. The molecular formula is C16H23FN2O2. The summed E-state index contributed by atoms with van der Waals surface area (Å²) >= 11 is 0. The smallest absolute Gasteiger partial charge is 0.315 e. The van der Waals surface area contributed by atoms with Gasteiger partial charge in [-0.05, 0) is 43.9 Å². The van der Waals surface area contributed by atoms with Gasteiger partial charge in [-0.2, -0.15) is 0 Å². The van der Waals surface area contributed by atoms with Gasteiger partial charge in [0.25, 0.3) is 0 Å². The van der Waals surface area contributed by atoms with Gasteiger partial charge in [-0.1, -0.05) is 18.9 Å². The summed E-state index contributed by atoms with van der Waals surface area (Å²) in [5.41, 5.74) is 0.845. The summed E-state index contributed by atoms with van der Waals surface area (Å²) in [7, 11) is 0. The molecule has 1 fully saturated rings. The zero-order valence-corrected chi connectivity index (χ0v) is 12.5. The Kier molecular flexibility index (Phi) is 5.84. The van der Waals surface area contributed by atoms with Gasteiger partial charge in [0.05, 0.1) is 6.61 Å². The molecule has 5 heteroatoms. The van der Waals surface area contributed by atoms with Crippen molar-refractivity contribution >= 4 is 6.03 Å². The number of ether oxygens (including phenoxy) is 1. The van der Waals surface area contributed by atoms with E-state index >= 15 is 0 Å². The number of carbonyl (C=O) groups excluding carboxylic acids is 1. The molecule has 21 heavy (non-hydrogen) atoms. The Morgan fingerprint density at radius 3 is 2.81 bits per heavy atom. The van der Waals surface area contributed by atoms with Crippen molar-refractivity contribution in [3.63, 3.8) is 0 Å². The summed E-state index contributed by atoms with van der Waals surface area (Å²) in [5.74, 6) is -0.0852. The third kappa shape index (κ3) is 4.92. The van der Waals surface area contributed by atoms with E-state index in [0.29, 0.717) is 25.6 Å². The normalized spacial score (nSPS) is 15.0. The van der Waals surface area contributed by atoms with Gasteiger partial charge in [-0.15, -0.1) is 0 Å². The molecule has 0 heterocycles. The maximum absolute atomic E-state index is 13.7. The molecule has 2 rings (SSSR count). The van der Waals surface area contributed by atoms with Crippen molar-refractivity contribution in [2.75, 3.05) is 13.2 Å². The minimum atomic E-state index is -0.357. The zero-order valence-electron chi connectivity index (χ0n) is 12.5. The molecule has 1 aliphatic carbocycles. The van der Waals surface area contributed by atoms with E-state index in [0.717, 1.165) is 18.4 Å². The molecule has 2 N–H and O–H groups in total. The molecule has 2 amide bonds. The van der Waals surface area contributed by atoms with Crippen LogP contribution < -0.4 is 15.4 Å². The molecule has 116 valence electrons. The molecule has 0 bridgehead atoms. The molecule has 1 aromatic carbocycles. The highest BCUT2D eigenvalue weighted by molar-refractivity contribution is 5.74. The van der Waals surface area contributed by atoms with E-state index in [-0.39, 0.29) is 17.6 Å². The standard InChI is InChI=1S/C16H23FN2O2/c1-2-21-15-8-7-12(11-14(15)17)9-10-18-16(20)19-13-5-3-4-6-13/h7-8,11,13H,2-6,9-10H2,1H3,(H2,18,19,20). The first-order chi connectivity index (χ1) is 10.2. The van der Waals surface area contributed by atoms with E-state index in [9.17, 15) is 9.18 Å². The SMILES string of the molecule is CCOc1ccc(CCNC(=O)NC2CCCC2)cc1F. The summed E-state index contributed by atoms with van der Waals surface area (Å²) in [6.07, 6.45) is 5.11. The summed E-state index contributed by atoms with van der Waals surface area (Å²) in [5, 5.41) is 5.77. The maximum atomic E-state index is 13.7. The number of nitrogens with one attached hydrogen (secondary N) is 2. The number of urea groups is 1. The minimum Gasteiger partial charge on any atom is -0.491 e. The Morgan fingerprint density at radius 1 is 1.38 bits per heavy atom. The lowest BCUT2D eigenvalue weighted by molar-refractivity contribution is 0.237. The average Bonchev–Trinajstić information content (AvgIpc) is 2.95. The highest BCUT2D eigenvalue weighted by atomic mass is 19.1.